The van der Waals surface area contributed by atoms with Gasteiger partial charge in [-0.2, -0.15) is 0 Å². The van der Waals surface area contributed by atoms with Crippen molar-refractivity contribution in [1.82, 2.24) is 10.2 Å². The van der Waals surface area contributed by atoms with E-state index in [4.69, 9.17) is 4.74 Å². The smallest absolute Gasteiger partial charge is 0.265 e. The van der Waals surface area contributed by atoms with Crippen LogP contribution >= 0.6 is 0 Å². The molecule has 1 heterocycles. The average Bonchev–Trinajstić information content (AvgIpc) is 2.79. The van der Waals surface area contributed by atoms with E-state index in [1.54, 1.807) is 49.3 Å². The number of nitrogens with one attached hydrogen (secondary N) is 1. The number of para-hydroxylation sites is 2. The van der Waals surface area contributed by atoms with Gasteiger partial charge >= 0.3 is 0 Å². The van der Waals surface area contributed by atoms with Crippen LogP contribution in [0.2, 0.25) is 0 Å². The first-order valence-electron chi connectivity index (χ1n) is 11.6. The highest BCUT2D eigenvalue weighted by Gasteiger charge is 2.38. The third-order valence-electron chi connectivity index (χ3n) is 5.99. The summed E-state index contributed by atoms with van der Waals surface area (Å²) in [4.78, 5) is 42.4. The van der Waals surface area contributed by atoms with Crippen LogP contribution in [0.1, 0.15) is 50.5 Å². The minimum Gasteiger partial charge on any atom is -0.476 e. The maximum Gasteiger partial charge on any atom is 0.265 e. The van der Waals surface area contributed by atoms with Crippen molar-refractivity contribution in [2.75, 3.05) is 25.5 Å². The average molecular weight is 466 g/mol. The van der Waals surface area contributed by atoms with Crippen molar-refractivity contribution in [3.8, 4) is 5.75 Å². The first-order valence-corrected chi connectivity index (χ1v) is 11.6. The first kappa shape index (κ1) is 25.3. The van der Waals surface area contributed by atoms with E-state index in [9.17, 15) is 14.4 Å². The van der Waals surface area contributed by atoms with Crippen LogP contribution in [-0.2, 0) is 15.0 Å². The standard InChI is InChI=1S/C27H35N3O4/c1-17(2)23(28-24(31)18-12-14-19(15-13-18)27(3,4)5)26(33)30-16-22(25(32)29(6)7)34-21-11-9-8-10-20(21)30/h8-15,17,22-23H,16H2,1-7H3,(H,28,31)/t22-,23-/m0/s1. The van der Waals surface area contributed by atoms with Gasteiger partial charge in [0.2, 0.25) is 5.91 Å². The lowest BCUT2D eigenvalue weighted by molar-refractivity contribution is -0.136. The molecule has 7 heteroatoms. The Morgan fingerprint density at radius 3 is 2.21 bits per heavy atom. The Labute approximate surface area is 202 Å². The highest BCUT2D eigenvalue weighted by Crippen LogP contribution is 2.34. The molecule has 0 aliphatic carbocycles. The summed E-state index contributed by atoms with van der Waals surface area (Å²) < 4.78 is 5.89. The quantitative estimate of drug-likeness (QED) is 0.732. The number of benzene rings is 2. The Balaban J connectivity index is 1.86. The maximum absolute atomic E-state index is 13.7. The molecule has 1 aliphatic heterocycles. The summed E-state index contributed by atoms with van der Waals surface area (Å²) in [5.41, 5.74) is 2.19. The van der Waals surface area contributed by atoms with E-state index in [1.807, 2.05) is 32.0 Å². The second kappa shape index (κ2) is 9.87. The summed E-state index contributed by atoms with van der Waals surface area (Å²) >= 11 is 0. The summed E-state index contributed by atoms with van der Waals surface area (Å²) in [5.74, 6) is -0.509. The molecule has 2 atom stereocenters. The van der Waals surface area contributed by atoms with E-state index in [2.05, 4.69) is 26.1 Å². The van der Waals surface area contributed by atoms with Crippen molar-refractivity contribution < 1.29 is 19.1 Å². The van der Waals surface area contributed by atoms with Crippen LogP contribution in [0.3, 0.4) is 0 Å². The van der Waals surface area contributed by atoms with Gasteiger partial charge in [0.15, 0.2) is 6.10 Å². The summed E-state index contributed by atoms with van der Waals surface area (Å²) in [7, 11) is 3.31. The lowest BCUT2D eigenvalue weighted by Crippen LogP contribution is -2.56. The third kappa shape index (κ3) is 5.41. The van der Waals surface area contributed by atoms with Crippen LogP contribution in [0.15, 0.2) is 48.5 Å². The third-order valence-corrected chi connectivity index (χ3v) is 5.99. The molecule has 34 heavy (non-hydrogen) atoms. The Morgan fingerprint density at radius 2 is 1.65 bits per heavy atom. The van der Waals surface area contributed by atoms with E-state index < -0.39 is 12.1 Å². The molecule has 1 aliphatic rings. The van der Waals surface area contributed by atoms with Crippen LogP contribution in [-0.4, -0.2) is 55.4 Å². The van der Waals surface area contributed by atoms with Crippen LogP contribution in [0, 0.1) is 5.92 Å². The molecule has 182 valence electrons. The predicted molar refractivity (Wildman–Crippen MR) is 133 cm³/mol. The predicted octanol–water partition coefficient (Wildman–Crippen LogP) is 3.62. The van der Waals surface area contributed by atoms with Crippen LogP contribution in [0.25, 0.3) is 0 Å². The number of anilines is 1. The fourth-order valence-electron chi connectivity index (χ4n) is 3.89. The van der Waals surface area contributed by atoms with Crippen molar-refractivity contribution in [3.05, 3.63) is 59.7 Å². The minimum atomic E-state index is -0.817. The second-order valence-corrected chi connectivity index (χ2v) is 10.3. The van der Waals surface area contributed by atoms with Crippen molar-refractivity contribution in [1.29, 1.82) is 0 Å². The van der Waals surface area contributed by atoms with Gasteiger partial charge in [-0.05, 0) is 41.2 Å². The molecule has 0 aromatic heterocycles. The molecule has 0 saturated heterocycles. The molecular weight excluding hydrogens is 430 g/mol. The zero-order valence-electron chi connectivity index (χ0n) is 21.1. The van der Waals surface area contributed by atoms with E-state index in [1.165, 1.54) is 4.90 Å². The van der Waals surface area contributed by atoms with Gasteiger partial charge < -0.3 is 19.9 Å². The van der Waals surface area contributed by atoms with Crippen molar-refractivity contribution in [2.24, 2.45) is 5.92 Å². The van der Waals surface area contributed by atoms with Crippen molar-refractivity contribution in [2.45, 2.75) is 52.2 Å². The largest absolute Gasteiger partial charge is 0.476 e. The zero-order chi connectivity index (χ0) is 25.2. The number of hydrogen-bond donors (Lipinski definition) is 1. The molecular formula is C27H35N3O4. The number of carbonyl (C=O) groups excluding carboxylic acids is 3. The van der Waals surface area contributed by atoms with Gasteiger partial charge in [0.25, 0.3) is 11.8 Å². The number of carbonyl (C=O) groups is 3. The lowest BCUT2D eigenvalue weighted by atomic mass is 9.86. The molecule has 0 bridgehead atoms. The highest BCUT2D eigenvalue weighted by atomic mass is 16.5. The summed E-state index contributed by atoms with van der Waals surface area (Å²) in [6.07, 6.45) is -0.817. The van der Waals surface area contributed by atoms with Crippen molar-refractivity contribution in [3.63, 3.8) is 0 Å². The van der Waals surface area contributed by atoms with Crippen LogP contribution in [0.5, 0.6) is 5.75 Å². The monoisotopic (exact) mass is 465 g/mol. The number of rotatable bonds is 5. The molecule has 0 spiro atoms. The summed E-state index contributed by atoms with van der Waals surface area (Å²) in [6.45, 7) is 10.2. The molecule has 3 amide bonds. The number of fused-ring (bicyclic) bond motifs is 1. The fourth-order valence-corrected chi connectivity index (χ4v) is 3.89. The second-order valence-electron chi connectivity index (χ2n) is 10.3. The molecule has 2 aromatic carbocycles. The Hall–Kier alpha value is -3.35. The Kier molecular flexibility index (Phi) is 7.34. The molecule has 0 fully saturated rings. The molecule has 0 radical (unpaired) electrons. The minimum absolute atomic E-state index is 0.0182. The van der Waals surface area contributed by atoms with Crippen LogP contribution < -0.4 is 15.0 Å². The normalized spacial score (nSPS) is 16.4. The van der Waals surface area contributed by atoms with Gasteiger partial charge in [-0.1, -0.05) is 58.9 Å². The highest BCUT2D eigenvalue weighted by molar-refractivity contribution is 6.04. The number of nitrogens with zero attached hydrogens (tertiary/aromatic N) is 2. The Morgan fingerprint density at radius 1 is 1.03 bits per heavy atom. The molecule has 3 rings (SSSR count). The fraction of sp³-hybridized carbons (Fsp3) is 0.444. The molecule has 7 nitrogen and oxygen atoms in total. The van der Waals surface area contributed by atoms with Gasteiger partial charge in [-0.3, -0.25) is 14.4 Å². The number of hydrogen-bond acceptors (Lipinski definition) is 4. The molecule has 0 unspecified atom stereocenters. The van der Waals surface area contributed by atoms with Gasteiger partial charge in [-0.25, -0.2) is 0 Å². The Bertz CT molecular complexity index is 1050. The van der Waals surface area contributed by atoms with E-state index in [0.29, 0.717) is 17.0 Å². The number of likely N-dealkylation sites (N-methyl/N-ethyl adjacent to an activating group) is 1. The topological polar surface area (TPSA) is 79.0 Å². The summed E-state index contributed by atoms with van der Waals surface area (Å²) in [6, 6.07) is 13.8. The van der Waals surface area contributed by atoms with E-state index in [-0.39, 0.29) is 35.6 Å². The van der Waals surface area contributed by atoms with Crippen LogP contribution in [0.4, 0.5) is 5.69 Å². The SMILES string of the molecule is CC(C)[C@H](NC(=O)c1ccc(C(C)(C)C)cc1)C(=O)N1C[C@@H](C(=O)N(C)C)Oc2ccccc21. The van der Waals surface area contributed by atoms with Gasteiger partial charge in [0.1, 0.15) is 11.8 Å². The maximum atomic E-state index is 13.7. The lowest BCUT2D eigenvalue weighted by Gasteiger charge is -2.37. The number of ether oxygens (including phenoxy) is 1. The van der Waals surface area contributed by atoms with Gasteiger partial charge in [0, 0.05) is 19.7 Å². The first-order chi connectivity index (χ1) is 15.9. The molecule has 1 N–H and O–H groups in total. The summed E-state index contributed by atoms with van der Waals surface area (Å²) in [5, 5.41) is 2.92. The van der Waals surface area contributed by atoms with Gasteiger partial charge in [-0.15, -0.1) is 0 Å². The zero-order valence-corrected chi connectivity index (χ0v) is 21.1. The van der Waals surface area contributed by atoms with Crippen molar-refractivity contribution >= 4 is 23.4 Å². The molecule has 0 saturated carbocycles. The number of amides is 3. The van der Waals surface area contributed by atoms with E-state index >= 15 is 0 Å². The van der Waals surface area contributed by atoms with E-state index in [0.717, 1.165) is 5.56 Å². The van der Waals surface area contributed by atoms with Gasteiger partial charge in [0.05, 0.1) is 12.2 Å². The molecule has 2 aromatic rings.